The Hall–Kier alpha value is -5.98. The van der Waals surface area contributed by atoms with Crippen LogP contribution in [0, 0.1) is 0 Å². The Bertz CT molecular complexity index is 3740. The number of nitrogens with zero attached hydrogens (tertiary/aromatic N) is 7. The van der Waals surface area contributed by atoms with Crippen molar-refractivity contribution in [3.63, 3.8) is 0 Å². The molecule has 9 N–H and O–H groups in total. The van der Waals surface area contributed by atoms with Crippen molar-refractivity contribution in [3.8, 4) is 0 Å². The fourth-order valence-electron chi connectivity index (χ4n) is 13.2. The molecule has 0 saturated carbocycles. The number of aryl methyl sites for hydroxylation is 1. The van der Waals surface area contributed by atoms with E-state index in [1.807, 2.05) is 18.2 Å². The lowest BCUT2D eigenvalue weighted by Gasteiger charge is -2.48. The molecule has 3 amide bonds. The first kappa shape index (κ1) is 61.1. The molecule has 6 heterocycles. The summed E-state index contributed by atoms with van der Waals surface area (Å²) in [5.74, 6) is -0.255. The maximum atomic E-state index is 14.9. The first-order chi connectivity index (χ1) is 39.6. The number of carbonyl (C=O) groups excluding carboxylic acids is 3. The molecule has 3 aromatic carbocycles. The Morgan fingerprint density at radius 1 is 0.940 bits per heavy atom. The van der Waals surface area contributed by atoms with Crippen molar-refractivity contribution in [2.45, 2.75) is 128 Å². The van der Waals surface area contributed by atoms with E-state index in [-0.39, 0.29) is 65.8 Å². The van der Waals surface area contributed by atoms with Crippen molar-refractivity contribution in [1.82, 2.24) is 39.6 Å². The van der Waals surface area contributed by atoms with Gasteiger partial charge in [-0.1, -0.05) is 39.0 Å². The average molecular weight is 1220 g/mol. The number of amides is 3. The first-order valence-electron chi connectivity index (χ1n) is 28.0. The Balaban J connectivity index is 0.807. The minimum absolute atomic E-state index is 0.0239. The number of aliphatic hydroxyl groups is 1. The summed E-state index contributed by atoms with van der Waals surface area (Å²) in [4.78, 5) is 95.0. The normalized spacial score (nSPS) is 22.7. The zero-order valence-corrected chi connectivity index (χ0v) is 50.4. The molecule has 5 aromatic rings. The summed E-state index contributed by atoms with van der Waals surface area (Å²) in [6.45, 7) is 15.9. The van der Waals surface area contributed by atoms with E-state index < -0.39 is 60.7 Å². The van der Waals surface area contributed by atoms with Crippen LogP contribution in [0.4, 0.5) is 16.3 Å². The molecule has 452 valence electrons. The van der Waals surface area contributed by atoms with E-state index in [4.69, 9.17) is 29.5 Å². The predicted octanol–water partition coefficient (Wildman–Crippen LogP) is 4.16. The summed E-state index contributed by atoms with van der Waals surface area (Å²) in [5.41, 5.74) is 17.4. The van der Waals surface area contributed by atoms with Gasteiger partial charge in [-0.25, -0.2) is 38.0 Å². The molecule has 26 nitrogen and oxygen atoms in total. The number of hydrogen-bond acceptors (Lipinski definition) is 17. The molecule has 0 bridgehead atoms. The van der Waals surface area contributed by atoms with Crippen LogP contribution in [0.2, 0.25) is 0 Å². The number of nitrogens with two attached hydrogens (primary N) is 1. The van der Waals surface area contributed by atoms with E-state index in [0.717, 1.165) is 74.8 Å². The highest BCUT2D eigenvalue weighted by Gasteiger charge is 2.50. The molecule has 10 rings (SSSR count). The Labute approximate surface area is 484 Å². The number of phosphoric acid groups is 3. The molecule has 0 radical (unpaired) electrons. The van der Waals surface area contributed by atoms with E-state index in [0.29, 0.717) is 17.9 Å². The van der Waals surface area contributed by atoms with Gasteiger partial charge in [0.05, 0.1) is 12.9 Å². The van der Waals surface area contributed by atoms with E-state index >= 15 is 0 Å². The van der Waals surface area contributed by atoms with Crippen LogP contribution in [0.3, 0.4) is 0 Å². The maximum Gasteiger partial charge on any atom is 0.490 e. The highest BCUT2D eigenvalue weighted by atomic mass is 31.3. The number of hydrogen-bond donors (Lipinski definition) is 8. The molecule has 1 fully saturated rings. The second-order valence-corrected chi connectivity index (χ2v) is 27.6. The van der Waals surface area contributed by atoms with Crippen LogP contribution >= 0.6 is 23.5 Å². The van der Waals surface area contributed by atoms with Crippen molar-refractivity contribution in [3.05, 3.63) is 110 Å². The van der Waals surface area contributed by atoms with Crippen molar-refractivity contribution in [2.24, 2.45) is 0 Å². The van der Waals surface area contributed by atoms with Gasteiger partial charge in [0, 0.05) is 85.8 Å². The summed E-state index contributed by atoms with van der Waals surface area (Å²) >= 11 is 0. The van der Waals surface area contributed by atoms with Gasteiger partial charge in [0.25, 0.3) is 5.91 Å². The second kappa shape index (κ2) is 23.4. The molecule has 1 aliphatic carbocycles. The number of fused-ring (bicyclic) bond motifs is 5. The molecular formula is C55H72N10O16P3+. The fourth-order valence-corrected chi connectivity index (χ4v) is 16.3. The lowest BCUT2D eigenvalue weighted by Crippen LogP contribution is -2.50. The third kappa shape index (κ3) is 12.1. The van der Waals surface area contributed by atoms with Crippen molar-refractivity contribution in [2.75, 3.05) is 63.6 Å². The summed E-state index contributed by atoms with van der Waals surface area (Å²) in [6, 6.07) is 15.2. The van der Waals surface area contributed by atoms with Gasteiger partial charge < -0.3 is 60.3 Å². The number of benzene rings is 3. The minimum Gasteiger partial charge on any atom is -0.440 e. The van der Waals surface area contributed by atoms with Crippen LogP contribution in [-0.2, 0) is 59.4 Å². The number of aromatic nitrogens is 4. The molecule has 84 heavy (non-hydrogen) atoms. The fraction of sp³-hybridized carbons (Fsp3) is 0.509. The number of imidazole rings is 1. The molecule has 3 unspecified atom stereocenters. The highest BCUT2D eigenvalue weighted by Crippen LogP contribution is 2.66. The predicted molar refractivity (Wildman–Crippen MR) is 307 cm³/mol. The number of carbonyl (C=O) groups is 3. The van der Waals surface area contributed by atoms with Crippen molar-refractivity contribution < 1.29 is 75.4 Å². The second-order valence-electron chi connectivity index (χ2n) is 23.1. The lowest BCUT2D eigenvalue weighted by molar-refractivity contribution is -0.121. The quantitative estimate of drug-likeness (QED) is 0.0327. The zero-order chi connectivity index (χ0) is 60.4. The van der Waals surface area contributed by atoms with Gasteiger partial charge in [-0.05, 0) is 115 Å². The number of ether oxygens (including phenoxy) is 2. The number of nitrogens with one attached hydrogen (secondary N) is 2. The molecule has 29 heteroatoms. The van der Waals surface area contributed by atoms with Gasteiger partial charge in [0.2, 0.25) is 11.3 Å². The summed E-state index contributed by atoms with van der Waals surface area (Å²) < 4.78 is 63.1. The molecule has 0 spiro atoms. The number of anilines is 2. The minimum atomic E-state index is -5.89. The van der Waals surface area contributed by atoms with Gasteiger partial charge >= 0.3 is 29.6 Å². The van der Waals surface area contributed by atoms with Crippen LogP contribution < -0.4 is 36.4 Å². The number of nitrogen functional groups attached to an aromatic ring is 1. The van der Waals surface area contributed by atoms with E-state index in [2.05, 4.69) is 109 Å². The van der Waals surface area contributed by atoms with E-state index in [1.165, 1.54) is 55.0 Å². The average Bonchev–Trinajstić information content (AvgIpc) is 0.879. The zero-order valence-electron chi connectivity index (χ0n) is 47.8. The maximum absolute atomic E-state index is 14.9. The van der Waals surface area contributed by atoms with Gasteiger partial charge in [-0.2, -0.15) is 8.62 Å². The number of phosphoric ester groups is 1. The van der Waals surface area contributed by atoms with Crippen LogP contribution in [0.25, 0.3) is 16.7 Å². The number of alkyl carbamates (subject to hydrolysis) is 1. The first-order valence-corrected chi connectivity index (χ1v) is 32.5. The van der Waals surface area contributed by atoms with Crippen LogP contribution in [0.1, 0.15) is 135 Å². The van der Waals surface area contributed by atoms with Gasteiger partial charge in [-0.15, -0.1) is 0 Å². The van der Waals surface area contributed by atoms with Gasteiger partial charge in [-0.3, -0.25) is 18.7 Å². The van der Waals surface area contributed by atoms with E-state index in [1.54, 1.807) is 11.9 Å². The monoisotopic (exact) mass is 1220 g/mol. The molecule has 5 aliphatic rings. The SMILES string of the molecule is CCN1c2cc3c(cc2C(C)CC1(C)C)C(c1ccccc1C(=O)N(C)CCCC(=O)NCCNC(=O)O[C@H]1[C@@H](O)[C@H](n2cnc4c(N)ncnc42)O[C@@H]1COP(=O)(O)OP(=O)(O)OP(=O)(O)O)=c1cc2c4c(c1C3(C)C)CCC[N+]=4CCC2. The number of aliphatic hydroxyl groups excluding tert-OH is 1. The third-order valence-electron chi connectivity index (χ3n) is 16.6. The molecule has 7 atom stereocenters. The van der Waals surface area contributed by atoms with Crippen LogP contribution in [0.5, 0.6) is 0 Å². The Kier molecular flexibility index (Phi) is 17.0. The lowest BCUT2D eigenvalue weighted by atomic mass is 9.64. The molecule has 1 saturated heterocycles. The smallest absolute Gasteiger partial charge is 0.440 e. The standard InChI is InChI=1S/C55H71N10O16P3/c1-8-65-40-26-39-37(25-36(40)31(2)27-54(65,3)4)43(38-24-32-14-11-22-63-23-12-17-35(46(32)63)44(38)55(39,5)6)33-15-9-10-16-34(33)51(68)62(7)21-13-18-42(66)57-19-20-58-53(69)79-48-41(28-77-83(73,74)81-84(75,76)80-82(70,71)72)78-52(47(48)67)64-30-61-45-49(56)59-29-60-50(45)64/h9-10,15-16,24-26,29-31,41,47-48,52,67H,8,11-14,17-23,27-28H2,1-7H3,(H7-,56,57,58,59,60,66,69,70,71,72,73,74,75,76)/p+1/t31?,41-,47-,48-,52-/m1/s1. The van der Waals surface area contributed by atoms with Crippen LogP contribution in [0.15, 0.2) is 55.1 Å². The summed E-state index contributed by atoms with van der Waals surface area (Å²) in [6.07, 6.45) is 0.0745. The number of rotatable bonds is 19. The highest BCUT2D eigenvalue weighted by molar-refractivity contribution is 7.66. The topological polar surface area (TPSA) is 353 Å². The van der Waals surface area contributed by atoms with Crippen molar-refractivity contribution in [1.29, 1.82) is 0 Å². The largest absolute Gasteiger partial charge is 0.490 e. The Morgan fingerprint density at radius 2 is 1.67 bits per heavy atom. The molecule has 4 aliphatic heterocycles. The third-order valence-corrected chi connectivity index (χ3v) is 20.4. The summed E-state index contributed by atoms with van der Waals surface area (Å²) in [7, 11) is -15.5. The van der Waals surface area contributed by atoms with Crippen LogP contribution in [-0.4, -0.2) is 144 Å². The van der Waals surface area contributed by atoms with Gasteiger partial charge in [0.1, 0.15) is 37.1 Å². The van der Waals surface area contributed by atoms with Crippen molar-refractivity contribution >= 4 is 69.6 Å². The Morgan fingerprint density at radius 3 is 2.40 bits per heavy atom. The molecular weight excluding hydrogens is 1150 g/mol. The summed E-state index contributed by atoms with van der Waals surface area (Å²) in [5, 5.41) is 19.2. The molecule has 2 aromatic heterocycles. The van der Waals surface area contributed by atoms with E-state index in [9.17, 15) is 43.0 Å². The van der Waals surface area contributed by atoms with Gasteiger partial charge in [0.15, 0.2) is 23.8 Å².